The van der Waals surface area contributed by atoms with E-state index >= 15 is 0 Å². The zero-order valence-electron chi connectivity index (χ0n) is 15.8. The van der Waals surface area contributed by atoms with Gasteiger partial charge in [0.2, 0.25) is 0 Å². The maximum absolute atomic E-state index is 12.6. The molecule has 2 aromatic heterocycles. The Morgan fingerprint density at radius 2 is 1.86 bits per heavy atom. The number of fused-ring (bicyclic) bond motifs is 1. The van der Waals surface area contributed by atoms with Gasteiger partial charge in [-0.15, -0.1) is 0 Å². The molecule has 1 amide bonds. The Hall–Kier alpha value is -3.67. The van der Waals surface area contributed by atoms with Crippen molar-refractivity contribution >= 4 is 16.8 Å². The van der Waals surface area contributed by atoms with Crippen LogP contribution in [0.25, 0.3) is 22.0 Å². The van der Waals surface area contributed by atoms with E-state index in [9.17, 15) is 4.79 Å². The normalized spacial score (nSPS) is 13.8. The highest BCUT2D eigenvalue weighted by Gasteiger charge is 2.22. The lowest BCUT2D eigenvalue weighted by Crippen LogP contribution is -2.39. The van der Waals surface area contributed by atoms with Gasteiger partial charge in [-0.1, -0.05) is 24.3 Å². The fourth-order valence-electron chi connectivity index (χ4n) is 3.43. The second kappa shape index (κ2) is 7.39. The minimum absolute atomic E-state index is 0.127. The number of nitrogens with zero attached hydrogens (tertiary/aromatic N) is 2. The molecule has 6 heteroatoms. The van der Waals surface area contributed by atoms with E-state index in [1.165, 1.54) is 6.42 Å². The molecule has 4 aromatic rings. The maximum Gasteiger partial charge on any atom is 0.272 e. The molecule has 0 bridgehead atoms. The molecule has 5 rings (SSSR count). The van der Waals surface area contributed by atoms with Crippen molar-refractivity contribution in [3.63, 3.8) is 0 Å². The van der Waals surface area contributed by atoms with E-state index < -0.39 is 0 Å². The molecule has 0 spiro atoms. The van der Waals surface area contributed by atoms with Crippen molar-refractivity contribution in [2.75, 3.05) is 0 Å². The smallest absolute Gasteiger partial charge is 0.272 e. The Morgan fingerprint density at radius 1 is 1.00 bits per heavy atom. The molecule has 2 heterocycles. The van der Waals surface area contributed by atoms with Gasteiger partial charge in [0.05, 0.1) is 11.7 Å². The van der Waals surface area contributed by atoms with Gasteiger partial charge in [0.25, 0.3) is 5.91 Å². The number of amides is 1. The predicted octanol–water partition coefficient (Wildman–Crippen LogP) is 4.70. The number of hydrogen-bond donors (Lipinski definition) is 2. The lowest BCUT2D eigenvalue weighted by molar-refractivity contribution is 0.0913. The van der Waals surface area contributed by atoms with Crippen LogP contribution in [0.1, 0.15) is 29.8 Å². The number of para-hydroxylation sites is 1. The molecule has 2 aromatic carbocycles. The van der Waals surface area contributed by atoms with E-state index in [2.05, 4.69) is 20.5 Å². The number of pyridine rings is 1. The number of aromatic amines is 1. The monoisotopic (exact) mass is 384 g/mol. The van der Waals surface area contributed by atoms with Crippen molar-refractivity contribution in [2.24, 2.45) is 0 Å². The summed E-state index contributed by atoms with van der Waals surface area (Å²) in [5.41, 5.74) is 3.12. The molecule has 2 N–H and O–H groups in total. The van der Waals surface area contributed by atoms with Gasteiger partial charge in [0.15, 0.2) is 5.69 Å². The summed E-state index contributed by atoms with van der Waals surface area (Å²) in [7, 11) is 0. The van der Waals surface area contributed by atoms with Crippen molar-refractivity contribution < 1.29 is 9.53 Å². The number of ether oxygens (including phenoxy) is 1. The zero-order chi connectivity index (χ0) is 19.6. The van der Waals surface area contributed by atoms with Gasteiger partial charge in [-0.2, -0.15) is 5.10 Å². The number of hydrogen-bond acceptors (Lipinski definition) is 4. The summed E-state index contributed by atoms with van der Waals surface area (Å²) in [4.78, 5) is 16.9. The molecule has 1 aliphatic rings. The van der Waals surface area contributed by atoms with Crippen LogP contribution in [0.4, 0.5) is 0 Å². The second-order valence-electron chi connectivity index (χ2n) is 7.26. The fraction of sp³-hybridized carbons (Fsp3) is 0.174. The highest BCUT2D eigenvalue weighted by Crippen LogP contribution is 2.29. The molecule has 1 aliphatic carbocycles. The third kappa shape index (κ3) is 3.57. The van der Waals surface area contributed by atoms with Crippen molar-refractivity contribution in [1.29, 1.82) is 0 Å². The van der Waals surface area contributed by atoms with Crippen LogP contribution in [-0.2, 0) is 0 Å². The Labute approximate surface area is 167 Å². The standard InChI is InChI=1S/C23H20N4O2/c28-23(25-17-5-4-6-17)22-20-12-15(9-10-21(20)26-27-22)16-11-19(14-24-13-16)29-18-7-2-1-3-8-18/h1-3,7-14,17H,4-6H2,(H,25,28)(H,26,27). The van der Waals surface area contributed by atoms with Gasteiger partial charge >= 0.3 is 0 Å². The van der Waals surface area contributed by atoms with Crippen LogP contribution in [0.3, 0.4) is 0 Å². The average molecular weight is 384 g/mol. The molecule has 0 atom stereocenters. The number of aromatic nitrogens is 3. The zero-order valence-corrected chi connectivity index (χ0v) is 15.8. The van der Waals surface area contributed by atoms with E-state index in [1.54, 1.807) is 12.4 Å². The van der Waals surface area contributed by atoms with Gasteiger partial charge in [-0.3, -0.25) is 14.9 Å². The van der Waals surface area contributed by atoms with Crippen molar-refractivity contribution in [1.82, 2.24) is 20.5 Å². The summed E-state index contributed by atoms with van der Waals surface area (Å²) in [6, 6.07) is 17.7. The first-order valence-electron chi connectivity index (χ1n) is 9.73. The summed E-state index contributed by atoms with van der Waals surface area (Å²) < 4.78 is 5.89. The Bertz CT molecular complexity index is 1170. The summed E-state index contributed by atoms with van der Waals surface area (Å²) in [5.74, 6) is 1.29. The van der Waals surface area contributed by atoms with E-state index in [0.717, 1.165) is 40.6 Å². The second-order valence-corrected chi connectivity index (χ2v) is 7.26. The molecule has 0 saturated heterocycles. The number of rotatable bonds is 5. The predicted molar refractivity (Wildman–Crippen MR) is 111 cm³/mol. The van der Waals surface area contributed by atoms with Crippen molar-refractivity contribution in [2.45, 2.75) is 25.3 Å². The summed E-state index contributed by atoms with van der Waals surface area (Å²) in [5, 5.41) is 11.0. The van der Waals surface area contributed by atoms with E-state index in [0.29, 0.717) is 11.4 Å². The molecule has 144 valence electrons. The minimum Gasteiger partial charge on any atom is -0.456 e. The molecule has 29 heavy (non-hydrogen) atoms. The molecular weight excluding hydrogens is 364 g/mol. The van der Waals surface area contributed by atoms with Gasteiger partial charge in [-0.25, -0.2) is 0 Å². The lowest BCUT2D eigenvalue weighted by atomic mass is 9.93. The SMILES string of the molecule is O=C(NC1CCC1)c1n[nH]c2ccc(-c3cncc(Oc4ccccc4)c3)cc12. The minimum atomic E-state index is -0.127. The van der Waals surface area contributed by atoms with Crippen LogP contribution in [0.15, 0.2) is 67.0 Å². The lowest BCUT2D eigenvalue weighted by Gasteiger charge is -2.25. The number of carbonyl (C=O) groups excluding carboxylic acids is 1. The largest absolute Gasteiger partial charge is 0.456 e. The summed E-state index contributed by atoms with van der Waals surface area (Å²) >= 11 is 0. The van der Waals surface area contributed by atoms with Gasteiger partial charge in [0.1, 0.15) is 11.5 Å². The van der Waals surface area contributed by atoms with Gasteiger partial charge in [-0.05, 0) is 55.2 Å². The molecule has 1 saturated carbocycles. The topological polar surface area (TPSA) is 79.9 Å². The molecule has 0 aliphatic heterocycles. The van der Waals surface area contributed by atoms with Crippen LogP contribution in [0.5, 0.6) is 11.5 Å². The average Bonchev–Trinajstić information content (AvgIpc) is 3.15. The van der Waals surface area contributed by atoms with Crippen molar-refractivity contribution in [3.05, 3.63) is 72.7 Å². The van der Waals surface area contributed by atoms with Crippen LogP contribution < -0.4 is 10.1 Å². The highest BCUT2D eigenvalue weighted by atomic mass is 16.5. The quantitative estimate of drug-likeness (QED) is 0.523. The van der Waals surface area contributed by atoms with Gasteiger partial charge in [0, 0.05) is 23.2 Å². The van der Waals surface area contributed by atoms with Crippen LogP contribution >= 0.6 is 0 Å². The molecule has 1 fully saturated rings. The summed E-state index contributed by atoms with van der Waals surface area (Å²) in [6.45, 7) is 0. The van der Waals surface area contributed by atoms with E-state index in [1.807, 2.05) is 54.6 Å². The number of benzene rings is 2. The molecular formula is C23H20N4O2. The first kappa shape index (κ1) is 17.4. The van der Waals surface area contributed by atoms with E-state index in [4.69, 9.17) is 4.74 Å². The van der Waals surface area contributed by atoms with Gasteiger partial charge < -0.3 is 10.1 Å². The first-order chi connectivity index (χ1) is 14.3. The number of H-pyrrole nitrogens is 1. The number of nitrogens with one attached hydrogen (secondary N) is 2. The fourth-order valence-corrected chi connectivity index (χ4v) is 3.43. The molecule has 0 radical (unpaired) electrons. The highest BCUT2D eigenvalue weighted by molar-refractivity contribution is 6.05. The molecule has 6 nitrogen and oxygen atoms in total. The Balaban J connectivity index is 1.45. The van der Waals surface area contributed by atoms with Crippen LogP contribution in [-0.4, -0.2) is 27.1 Å². The van der Waals surface area contributed by atoms with Crippen LogP contribution in [0.2, 0.25) is 0 Å². The maximum atomic E-state index is 12.6. The van der Waals surface area contributed by atoms with Crippen molar-refractivity contribution in [3.8, 4) is 22.6 Å². The molecule has 0 unspecified atom stereocenters. The van der Waals surface area contributed by atoms with E-state index in [-0.39, 0.29) is 11.9 Å². The third-order valence-corrected chi connectivity index (χ3v) is 5.24. The summed E-state index contributed by atoms with van der Waals surface area (Å²) in [6.07, 6.45) is 6.72. The third-order valence-electron chi connectivity index (χ3n) is 5.24. The number of carbonyl (C=O) groups is 1. The van der Waals surface area contributed by atoms with Crippen LogP contribution in [0, 0.1) is 0 Å². The first-order valence-corrected chi connectivity index (χ1v) is 9.73. The Morgan fingerprint density at radius 3 is 2.66 bits per heavy atom. The Kier molecular flexibility index (Phi) is 4.44.